The number of carbonyl (C=O) groups excluding carboxylic acids is 1. The van der Waals surface area contributed by atoms with Crippen molar-refractivity contribution >= 4 is 21.4 Å². The van der Waals surface area contributed by atoms with Crippen LogP contribution in [-0.4, -0.2) is 40.2 Å². The van der Waals surface area contributed by atoms with Crippen LogP contribution < -0.4 is 10.2 Å². The second-order valence-electron chi connectivity index (χ2n) is 6.91. The van der Waals surface area contributed by atoms with E-state index in [-0.39, 0.29) is 11.7 Å². The summed E-state index contributed by atoms with van der Waals surface area (Å²) in [4.78, 5) is 14.7. The highest BCUT2D eigenvalue weighted by atomic mass is 32.2. The summed E-state index contributed by atoms with van der Waals surface area (Å²) in [5, 5.41) is 3.00. The standard InChI is InChI=1S/C20H24N2O3S/c1-26(24,25)15-16-7-9-18(10-8-16)20(23)21-13-17-11-12-22(14-17)19-5-3-2-4-6-19/h2-10,17H,11-15H2,1H3,(H,21,23). The quantitative estimate of drug-likeness (QED) is 0.846. The maximum atomic E-state index is 12.3. The van der Waals surface area contributed by atoms with Crippen molar-refractivity contribution in [2.75, 3.05) is 30.8 Å². The average Bonchev–Trinajstić information content (AvgIpc) is 3.09. The molecule has 0 spiro atoms. The van der Waals surface area contributed by atoms with E-state index < -0.39 is 9.84 Å². The van der Waals surface area contributed by atoms with Crippen molar-refractivity contribution in [1.82, 2.24) is 5.32 Å². The normalized spacial score (nSPS) is 17.3. The first-order chi connectivity index (χ1) is 12.4. The van der Waals surface area contributed by atoms with Crippen LogP contribution in [-0.2, 0) is 15.6 Å². The second-order valence-corrected chi connectivity index (χ2v) is 9.05. The topological polar surface area (TPSA) is 66.5 Å². The fourth-order valence-electron chi connectivity index (χ4n) is 3.27. The van der Waals surface area contributed by atoms with Gasteiger partial charge in [0.05, 0.1) is 5.75 Å². The number of nitrogens with one attached hydrogen (secondary N) is 1. The minimum atomic E-state index is -3.06. The van der Waals surface area contributed by atoms with Gasteiger partial charge in [0.2, 0.25) is 0 Å². The van der Waals surface area contributed by atoms with E-state index in [2.05, 4.69) is 22.3 Å². The lowest BCUT2D eigenvalue weighted by atomic mass is 10.1. The van der Waals surface area contributed by atoms with Crippen molar-refractivity contribution in [2.24, 2.45) is 5.92 Å². The van der Waals surface area contributed by atoms with Gasteiger partial charge in [-0.25, -0.2) is 8.42 Å². The molecule has 1 aliphatic heterocycles. The molecule has 0 saturated carbocycles. The van der Waals surface area contributed by atoms with E-state index in [4.69, 9.17) is 0 Å². The van der Waals surface area contributed by atoms with Gasteiger partial charge in [-0.1, -0.05) is 30.3 Å². The van der Waals surface area contributed by atoms with Crippen LogP contribution in [0.2, 0.25) is 0 Å². The van der Waals surface area contributed by atoms with Crippen molar-refractivity contribution in [3.05, 3.63) is 65.7 Å². The summed E-state index contributed by atoms with van der Waals surface area (Å²) in [7, 11) is -3.06. The predicted octanol–water partition coefficient (Wildman–Crippen LogP) is 2.49. The SMILES string of the molecule is CS(=O)(=O)Cc1ccc(C(=O)NCC2CCN(c3ccccc3)C2)cc1. The Morgan fingerprint density at radius 3 is 2.46 bits per heavy atom. The zero-order valence-electron chi connectivity index (χ0n) is 14.9. The Hall–Kier alpha value is -2.34. The molecule has 0 bridgehead atoms. The Morgan fingerprint density at radius 2 is 1.81 bits per heavy atom. The average molecular weight is 372 g/mol. The third-order valence-corrected chi connectivity index (χ3v) is 5.46. The number of rotatable bonds is 6. The summed E-state index contributed by atoms with van der Waals surface area (Å²) >= 11 is 0. The largest absolute Gasteiger partial charge is 0.371 e. The summed E-state index contributed by atoms with van der Waals surface area (Å²) in [6.07, 6.45) is 2.26. The van der Waals surface area contributed by atoms with Crippen molar-refractivity contribution in [2.45, 2.75) is 12.2 Å². The molecule has 1 atom stereocenters. The van der Waals surface area contributed by atoms with Crippen LogP contribution in [0.5, 0.6) is 0 Å². The lowest BCUT2D eigenvalue weighted by Gasteiger charge is -2.18. The number of amides is 1. The summed E-state index contributed by atoms with van der Waals surface area (Å²) in [5.41, 5.74) is 2.47. The highest BCUT2D eigenvalue weighted by molar-refractivity contribution is 7.89. The van der Waals surface area contributed by atoms with Gasteiger partial charge in [-0.15, -0.1) is 0 Å². The molecule has 5 nitrogen and oxygen atoms in total. The summed E-state index contributed by atoms with van der Waals surface area (Å²) in [6.45, 7) is 2.59. The van der Waals surface area contributed by atoms with E-state index in [9.17, 15) is 13.2 Å². The first-order valence-corrected chi connectivity index (χ1v) is 10.8. The Labute approximate surface area is 154 Å². The maximum Gasteiger partial charge on any atom is 0.251 e. The van der Waals surface area contributed by atoms with Crippen molar-refractivity contribution < 1.29 is 13.2 Å². The molecule has 1 amide bonds. The maximum absolute atomic E-state index is 12.3. The first-order valence-electron chi connectivity index (χ1n) is 8.75. The first kappa shape index (κ1) is 18.5. The Kier molecular flexibility index (Phi) is 5.61. The molecule has 6 heteroatoms. The number of para-hydroxylation sites is 1. The third-order valence-electron chi connectivity index (χ3n) is 4.60. The van der Waals surface area contributed by atoms with Crippen LogP contribution in [0.15, 0.2) is 54.6 Å². The fourth-order valence-corrected chi connectivity index (χ4v) is 4.06. The van der Waals surface area contributed by atoms with Crippen molar-refractivity contribution in [3.63, 3.8) is 0 Å². The second kappa shape index (κ2) is 7.91. The van der Waals surface area contributed by atoms with Gasteiger partial charge >= 0.3 is 0 Å². The van der Waals surface area contributed by atoms with Crippen LogP contribution in [0.3, 0.4) is 0 Å². The summed E-state index contributed by atoms with van der Waals surface area (Å²) in [5.74, 6) is 0.310. The molecule has 0 radical (unpaired) electrons. The van der Waals surface area contributed by atoms with Gasteiger partial charge < -0.3 is 10.2 Å². The molecule has 3 rings (SSSR count). The fraction of sp³-hybridized carbons (Fsp3) is 0.350. The van der Waals surface area contributed by atoms with Crippen LogP contribution in [0.25, 0.3) is 0 Å². The Morgan fingerprint density at radius 1 is 1.12 bits per heavy atom. The van der Waals surface area contributed by atoms with Gasteiger partial charge in [-0.3, -0.25) is 4.79 Å². The van der Waals surface area contributed by atoms with Gasteiger partial charge in [0, 0.05) is 37.1 Å². The third kappa shape index (κ3) is 5.08. The Bertz CT molecular complexity index is 848. The molecule has 2 aromatic carbocycles. The van der Waals surface area contributed by atoms with Gasteiger partial charge in [0.15, 0.2) is 9.84 Å². The van der Waals surface area contributed by atoms with Crippen LogP contribution in [0, 0.1) is 5.92 Å². The molecule has 1 heterocycles. The monoisotopic (exact) mass is 372 g/mol. The van der Waals surface area contributed by atoms with Gasteiger partial charge in [0.25, 0.3) is 5.91 Å². The van der Waals surface area contributed by atoms with E-state index in [1.807, 2.05) is 18.2 Å². The molecule has 2 aromatic rings. The van der Waals surface area contributed by atoms with Crippen LogP contribution in [0.4, 0.5) is 5.69 Å². The van der Waals surface area contributed by atoms with E-state index >= 15 is 0 Å². The smallest absolute Gasteiger partial charge is 0.251 e. The van der Waals surface area contributed by atoms with Crippen LogP contribution in [0.1, 0.15) is 22.3 Å². The lowest BCUT2D eigenvalue weighted by molar-refractivity contribution is 0.0948. The molecule has 1 unspecified atom stereocenters. The highest BCUT2D eigenvalue weighted by Gasteiger charge is 2.23. The summed E-state index contributed by atoms with van der Waals surface area (Å²) in [6, 6.07) is 17.1. The molecule has 0 aliphatic carbocycles. The summed E-state index contributed by atoms with van der Waals surface area (Å²) < 4.78 is 22.6. The van der Waals surface area contributed by atoms with Gasteiger partial charge in [-0.05, 0) is 42.2 Å². The zero-order chi connectivity index (χ0) is 18.6. The molecular weight excluding hydrogens is 348 g/mol. The predicted molar refractivity (Wildman–Crippen MR) is 104 cm³/mol. The minimum Gasteiger partial charge on any atom is -0.371 e. The molecule has 1 N–H and O–H groups in total. The molecule has 26 heavy (non-hydrogen) atoms. The molecule has 0 aromatic heterocycles. The highest BCUT2D eigenvalue weighted by Crippen LogP contribution is 2.23. The number of carbonyl (C=O) groups is 1. The molecular formula is C20H24N2O3S. The molecule has 138 valence electrons. The molecule has 1 fully saturated rings. The molecule has 1 saturated heterocycles. The molecule has 1 aliphatic rings. The number of hydrogen-bond donors (Lipinski definition) is 1. The van der Waals surface area contributed by atoms with Gasteiger partial charge in [0.1, 0.15) is 0 Å². The van der Waals surface area contributed by atoms with Gasteiger partial charge in [-0.2, -0.15) is 0 Å². The number of anilines is 1. The number of sulfone groups is 1. The van der Waals surface area contributed by atoms with Crippen molar-refractivity contribution in [3.8, 4) is 0 Å². The Balaban J connectivity index is 1.50. The number of benzene rings is 2. The number of nitrogens with zero attached hydrogens (tertiary/aromatic N) is 1. The van der Waals surface area contributed by atoms with Crippen molar-refractivity contribution in [1.29, 1.82) is 0 Å². The lowest BCUT2D eigenvalue weighted by Crippen LogP contribution is -2.31. The van der Waals surface area contributed by atoms with E-state index in [0.29, 0.717) is 23.6 Å². The zero-order valence-corrected chi connectivity index (χ0v) is 15.7. The van der Waals surface area contributed by atoms with Crippen LogP contribution >= 0.6 is 0 Å². The van der Waals surface area contributed by atoms with E-state index in [0.717, 1.165) is 19.5 Å². The number of hydrogen-bond acceptors (Lipinski definition) is 4. The van der Waals surface area contributed by atoms with E-state index in [1.165, 1.54) is 11.9 Å². The minimum absolute atomic E-state index is 0.00765. The van der Waals surface area contributed by atoms with E-state index in [1.54, 1.807) is 24.3 Å².